The smallest absolute Gasteiger partial charge is 0.262 e. The summed E-state index contributed by atoms with van der Waals surface area (Å²) < 4.78 is 1.32. The van der Waals surface area contributed by atoms with Gasteiger partial charge >= 0.3 is 0 Å². The third-order valence-electron chi connectivity index (χ3n) is 3.24. The normalized spacial score (nSPS) is 26.3. The molecule has 1 heterocycles. The van der Waals surface area contributed by atoms with E-state index in [9.17, 15) is 5.21 Å². The lowest BCUT2D eigenvalue weighted by Gasteiger charge is -2.30. The van der Waals surface area contributed by atoms with Crippen molar-refractivity contribution in [1.29, 1.82) is 0 Å². The van der Waals surface area contributed by atoms with Gasteiger partial charge in [0.05, 0.1) is 0 Å². The minimum absolute atomic E-state index is 0.0146. The number of rotatable bonds is 1. The summed E-state index contributed by atoms with van der Waals surface area (Å²) in [6, 6.07) is 0. The van der Waals surface area contributed by atoms with Gasteiger partial charge in [-0.15, -0.1) is 0 Å². The van der Waals surface area contributed by atoms with Crippen LogP contribution in [0.1, 0.15) is 27.7 Å². The van der Waals surface area contributed by atoms with Crippen molar-refractivity contribution in [3.05, 3.63) is 0 Å². The van der Waals surface area contributed by atoms with Crippen LogP contribution in [0.4, 0.5) is 0 Å². The quantitative estimate of drug-likeness (QED) is 0.454. The molecular weight excluding hydrogens is 312 g/mol. The maximum Gasteiger partial charge on any atom is 0.262 e. The number of halogens is 2. The summed E-state index contributed by atoms with van der Waals surface area (Å²) in [6.07, 6.45) is 0. The Labute approximate surface area is 102 Å². The summed E-state index contributed by atoms with van der Waals surface area (Å²) in [6.45, 7) is 8.17. The molecule has 5 heteroatoms. The number of hydroxylamine groups is 1. The van der Waals surface area contributed by atoms with Gasteiger partial charge in [-0.1, -0.05) is 31.9 Å². The standard InChI is InChI=1S/C9H17Br2N2O/c1-8(2)6(7(10)11)13(14)9(3,4)12(8)5/h7,14H,1-5H3/q+1. The van der Waals surface area contributed by atoms with Crippen molar-refractivity contribution in [3.63, 3.8) is 0 Å². The summed E-state index contributed by atoms with van der Waals surface area (Å²) in [4.78, 5) is 2.14. The van der Waals surface area contributed by atoms with E-state index < -0.39 is 0 Å². The molecule has 1 N–H and O–H groups in total. The van der Waals surface area contributed by atoms with E-state index in [0.29, 0.717) is 0 Å². The first-order chi connectivity index (χ1) is 6.13. The molecule has 0 bridgehead atoms. The van der Waals surface area contributed by atoms with Crippen molar-refractivity contribution in [1.82, 2.24) is 4.90 Å². The molecular formula is C9H17Br2N2O+. The highest BCUT2D eigenvalue weighted by molar-refractivity contribution is 9.25. The van der Waals surface area contributed by atoms with Crippen LogP contribution in [-0.4, -0.2) is 42.5 Å². The highest BCUT2D eigenvalue weighted by Crippen LogP contribution is 2.35. The Hall–Kier alpha value is 0.390. The molecule has 0 aliphatic carbocycles. The SMILES string of the molecule is CN1C(C)(C)C(C(Br)Br)=[N+](O)C1(C)C. The van der Waals surface area contributed by atoms with Crippen LogP contribution < -0.4 is 0 Å². The topological polar surface area (TPSA) is 26.5 Å². The number of nitrogens with zero attached hydrogens (tertiary/aromatic N) is 2. The van der Waals surface area contributed by atoms with Crippen LogP contribution in [0.5, 0.6) is 0 Å². The molecule has 1 aliphatic heterocycles. The second-order valence-corrected chi connectivity index (χ2v) is 7.67. The molecule has 0 amide bonds. The van der Waals surface area contributed by atoms with Gasteiger partial charge < -0.3 is 0 Å². The molecule has 1 rings (SSSR count). The predicted octanol–water partition coefficient (Wildman–Crippen LogP) is 2.41. The first-order valence-corrected chi connectivity index (χ1v) is 6.35. The Bertz CT molecular complexity index is 285. The summed E-state index contributed by atoms with van der Waals surface area (Å²) in [5, 5.41) is 10.1. The molecule has 3 nitrogen and oxygen atoms in total. The first-order valence-electron chi connectivity index (χ1n) is 4.52. The maximum atomic E-state index is 10.1. The van der Waals surface area contributed by atoms with Crippen molar-refractivity contribution in [2.24, 2.45) is 0 Å². The summed E-state index contributed by atoms with van der Waals surface area (Å²) in [7, 11) is 2.01. The summed E-state index contributed by atoms with van der Waals surface area (Å²) in [5.74, 6) is 0. The molecule has 0 spiro atoms. The zero-order valence-corrected chi connectivity index (χ0v) is 12.3. The van der Waals surface area contributed by atoms with Crippen LogP contribution in [-0.2, 0) is 0 Å². The lowest BCUT2D eigenvalue weighted by molar-refractivity contribution is -0.828. The molecule has 14 heavy (non-hydrogen) atoms. The van der Waals surface area contributed by atoms with Crippen molar-refractivity contribution in [2.45, 2.75) is 42.6 Å². The molecule has 0 atom stereocenters. The van der Waals surface area contributed by atoms with Crippen molar-refractivity contribution >= 4 is 37.6 Å². The van der Waals surface area contributed by atoms with E-state index in [1.165, 1.54) is 4.74 Å². The average molecular weight is 329 g/mol. The molecule has 0 fully saturated rings. The van der Waals surface area contributed by atoms with Crippen molar-refractivity contribution in [2.75, 3.05) is 7.05 Å². The van der Waals surface area contributed by atoms with Crippen LogP contribution in [0.3, 0.4) is 0 Å². The molecule has 0 aromatic rings. The Morgan fingerprint density at radius 3 is 1.86 bits per heavy atom. The monoisotopic (exact) mass is 327 g/mol. The fourth-order valence-electron chi connectivity index (χ4n) is 1.91. The maximum absolute atomic E-state index is 10.1. The van der Waals surface area contributed by atoms with Gasteiger partial charge in [0, 0.05) is 13.8 Å². The molecule has 0 radical (unpaired) electrons. The van der Waals surface area contributed by atoms with Crippen LogP contribution in [0.2, 0.25) is 0 Å². The van der Waals surface area contributed by atoms with Crippen LogP contribution in [0.25, 0.3) is 0 Å². The van der Waals surface area contributed by atoms with Crippen LogP contribution in [0.15, 0.2) is 0 Å². The fourth-order valence-corrected chi connectivity index (χ4v) is 3.42. The number of alkyl halides is 2. The minimum atomic E-state index is -0.376. The van der Waals surface area contributed by atoms with Gasteiger partial charge in [0.1, 0.15) is 5.54 Å². The number of hydrogen-bond donors (Lipinski definition) is 1. The van der Waals surface area contributed by atoms with E-state index in [1.54, 1.807) is 0 Å². The molecule has 82 valence electrons. The van der Waals surface area contributed by atoms with Gasteiger partial charge in [-0.25, -0.2) is 4.90 Å². The van der Waals surface area contributed by atoms with E-state index in [2.05, 4.69) is 50.6 Å². The lowest BCUT2D eigenvalue weighted by atomic mass is 9.98. The highest BCUT2D eigenvalue weighted by Gasteiger charge is 2.59. The molecule has 0 unspecified atom stereocenters. The summed E-state index contributed by atoms with van der Waals surface area (Å²) >= 11 is 6.90. The van der Waals surface area contributed by atoms with Gasteiger partial charge in [-0.3, -0.25) is 5.21 Å². The van der Waals surface area contributed by atoms with Gasteiger partial charge in [0.15, 0.2) is 3.74 Å². The predicted molar refractivity (Wildman–Crippen MR) is 64.6 cm³/mol. The van der Waals surface area contributed by atoms with E-state index in [4.69, 9.17) is 0 Å². The third-order valence-corrected chi connectivity index (χ3v) is 4.11. The fraction of sp³-hybridized carbons (Fsp3) is 0.889. The zero-order chi connectivity index (χ0) is 11.3. The van der Waals surface area contributed by atoms with E-state index in [1.807, 2.05) is 20.9 Å². The van der Waals surface area contributed by atoms with Crippen LogP contribution >= 0.6 is 31.9 Å². The van der Waals surface area contributed by atoms with Gasteiger partial charge in [-0.2, -0.15) is 0 Å². The third kappa shape index (κ3) is 1.53. The Kier molecular flexibility index (Phi) is 3.08. The molecule has 0 aromatic carbocycles. The van der Waals surface area contributed by atoms with E-state index >= 15 is 0 Å². The Morgan fingerprint density at radius 1 is 1.29 bits per heavy atom. The minimum Gasteiger partial charge on any atom is -0.289 e. The first kappa shape index (κ1) is 12.5. The zero-order valence-electron chi connectivity index (χ0n) is 9.17. The van der Waals surface area contributed by atoms with Gasteiger partial charge in [0.2, 0.25) is 0 Å². The van der Waals surface area contributed by atoms with Crippen molar-refractivity contribution < 1.29 is 9.95 Å². The summed E-state index contributed by atoms with van der Waals surface area (Å²) in [5.41, 5.74) is 0.374. The average Bonchev–Trinajstić information content (AvgIpc) is 2.10. The van der Waals surface area contributed by atoms with Gasteiger partial charge in [0.25, 0.3) is 11.4 Å². The van der Waals surface area contributed by atoms with E-state index in [0.717, 1.165) is 5.71 Å². The second kappa shape index (κ2) is 3.46. The molecule has 0 saturated carbocycles. The van der Waals surface area contributed by atoms with Crippen LogP contribution in [0, 0.1) is 0 Å². The van der Waals surface area contributed by atoms with Gasteiger partial charge in [-0.05, 0) is 25.6 Å². The molecule has 1 aliphatic rings. The molecule has 0 aromatic heterocycles. The Morgan fingerprint density at radius 2 is 1.71 bits per heavy atom. The Balaban J connectivity index is 3.30. The largest absolute Gasteiger partial charge is 0.289 e. The second-order valence-electron chi connectivity index (χ2n) is 4.61. The number of hydrogen-bond acceptors (Lipinski definition) is 2. The highest BCUT2D eigenvalue weighted by atomic mass is 79.9. The van der Waals surface area contributed by atoms with E-state index in [-0.39, 0.29) is 14.9 Å². The van der Waals surface area contributed by atoms with Crippen molar-refractivity contribution in [3.8, 4) is 0 Å². The lowest BCUT2D eigenvalue weighted by Crippen LogP contribution is -2.51. The molecule has 0 saturated heterocycles.